The molecule has 0 bridgehead atoms. The summed E-state index contributed by atoms with van der Waals surface area (Å²) >= 11 is 0. The van der Waals surface area contributed by atoms with Crippen LogP contribution in [-0.4, -0.2) is 24.1 Å². The number of fused-ring (bicyclic) bond motifs is 9. The third-order valence-electron chi connectivity index (χ3n) is 11.2. The minimum Gasteiger partial charge on any atom is -0.454 e. The smallest absolute Gasteiger partial charge is 0.235 e. The number of hydrogen-bond acceptors (Lipinski definition) is 4. The average molecular weight is 730 g/mol. The lowest BCUT2D eigenvalue weighted by atomic mass is 10.0. The number of nitrogens with zero attached hydrogens (tertiary/aromatic N) is 5. The molecule has 0 amide bonds. The van der Waals surface area contributed by atoms with Crippen LogP contribution in [0, 0.1) is 0 Å². The van der Waals surface area contributed by atoms with Crippen molar-refractivity contribution >= 4 is 65.7 Å². The minimum atomic E-state index is 0.630. The quantitative estimate of drug-likeness (QED) is 0.177. The number of furan rings is 1. The van der Waals surface area contributed by atoms with Gasteiger partial charge in [-0.1, -0.05) is 121 Å². The summed E-state index contributed by atoms with van der Waals surface area (Å²) in [5, 5.41) is 5.70. The zero-order chi connectivity index (χ0) is 37.5. The molecule has 266 valence electrons. The van der Waals surface area contributed by atoms with Crippen LogP contribution in [0.15, 0.2) is 193 Å². The van der Waals surface area contributed by atoms with Gasteiger partial charge in [-0.2, -0.15) is 0 Å². The second kappa shape index (κ2) is 12.3. The molecule has 12 rings (SSSR count). The molecule has 5 heterocycles. The molecule has 0 radical (unpaired) electrons. The van der Waals surface area contributed by atoms with Crippen LogP contribution >= 0.6 is 0 Å². The van der Waals surface area contributed by atoms with E-state index in [1.165, 1.54) is 10.8 Å². The van der Waals surface area contributed by atoms with Gasteiger partial charge in [-0.25, -0.2) is 9.97 Å². The molecule has 12 aromatic rings. The predicted octanol–water partition coefficient (Wildman–Crippen LogP) is 13.0. The molecule has 6 heteroatoms. The first-order chi connectivity index (χ1) is 28.2. The van der Waals surface area contributed by atoms with Gasteiger partial charge in [0.2, 0.25) is 5.95 Å². The van der Waals surface area contributed by atoms with Crippen LogP contribution in [-0.2, 0) is 0 Å². The molecule has 0 unspecified atom stereocenters. The molecule has 0 saturated carbocycles. The van der Waals surface area contributed by atoms with Gasteiger partial charge in [-0.05, 0) is 71.8 Å². The van der Waals surface area contributed by atoms with Crippen molar-refractivity contribution in [3.05, 3.63) is 188 Å². The highest BCUT2D eigenvalue weighted by Gasteiger charge is 2.19. The molecule has 0 aliphatic carbocycles. The maximum atomic E-state index is 6.15. The Morgan fingerprint density at radius 3 is 1.58 bits per heavy atom. The molecule has 57 heavy (non-hydrogen) atoms. The zero-order valence-electron chi connectivity index (χ0n) is 30.5. The molecular formula is C51H31N5O. The maximum absolute atomic E-state index is 6.15. The summed E-state index contributed by atoms with van der Waals surface area (Å²) in [6.45, 7) is 0. The van der Waals surface area contributed by atoms with E-state index in [1.807, 2.05) is 30.5 Å². The van der Waals surface area contributed by atoms with Gasteiger partial charge < -0.3 is 8.98 Å². The second-order valence-electron chi connectivity index (χ2n) is 14.5. The standard InChI is InChI=1S/C51H31N5O/c1-3-12-32(13-4-1)42-31-43(33-14-5-2-6-15-33)54-51(53-42)56-45-19-10-8-17-38(45)40-25-22-35(29-47(40)56)34-21-24-39-37-16-7-9-18-44(37)55(46(39)28-34)36-23-26-48-41(30-36)50-49(57-48)20-11-27-52-50/h1-31H. The van der Waals surface area contributed by atoms with E-state index in [1.54, 1.807) is 0 Å². The number of para-hydroxylation sites is 2. The molecule has 0 atom stereocenters. The van der Waals surface area contributed by atoms with Gasteiger partial charge in [-0.3, -0.25) is 9.55 Å². The zero-order valence-corrected chi connectivity index (χ0v) is 30.5. The minimum absolute atomic E-state index is 0.630. The summed E-state index contributed by atoms with van der Waals surface area (Å²) in [5.41, 5.74) is 14.0. The van der Waals surface area contributed by atoms with Gasteiger partial charge in [0.25, 0.3) is 0 Å². The molecule has 0 spiro atoms. The van der Waals surface area contributed by atoms with Crippen LogP contribution in [0.2, 0.25) is 0 Å². The van der Waals surface area contributed by atoms with E-state index in [0.29, 0.717) is 5.95 Å². The largest absolute Gasteiger partial charge is 0.454 e. The molecule has 7 aromatic carbocycles. The first-order valence-electron chi connectivity index (χ1n) is 19.1. The maximum Gasteiger partial charge on any atom is 0.235 e. The van der Waals surface area contributed by atoms with Crippen molar-refractivity contribution in [3.8, 4) is 45.3 Å². The predicted molar refractivity (Wildman–Crippen MR) is 232 cm³/mol. The monoisotopic (exact) mass is 729 g/mol. The molecule has 0 aliphatic heterocycles. The fourth-order valence-corrected chi connectivity index (χ4v) is 8.57. The van der Waals surface area contributed by atoms with Crippen molar-refractivity contribution in [2.45, 2.75) is 0 Å². The number of hydrogen-bond donors (Lipinski definition) is 0. The highest BCUT2D eigenvalue weighted by Crippen LogP contribution is 2.39. The van der Waals surface area contributed by atoms with E-state index in [9.17, 15) is 0 Å². The van der Waals surface area contributed by atoms with Crippen molar-refractivity contribution in [3.63, 3.8) is 0 Å². The Kier molecular flexibility index (Phi) is 6.83. The number of aromatic nitrogens is 5. The van der Waals surface area contributed by atoms with Crippen molar-refractivity contribution in [2.75, 3.05) is 0 Å². The number of benzene rings is 7. The molecule has 0 N–H and O–H groups in total. The molecule has 0 fully saturated rings. The second-order valence-corrected chi connectivity index (χ2v) is 14.5. The number of rotatable bonds is 5. The highest BCUT2D eigenvalue weighted by atomic mass is 16.3. The summed E-state index contributed by atoms with van der Waals surface area (Å²) in [5.74, 6) is 0.630. The van der Waals surface area contributed by atoms with E-state index in [-0.39, 0.29) is 0 Å². The van der Waals surface area contributed by atoms with Gasteiger partial charge in [0.05, 0.1) is 33.5 Å². The molecular weight excluding hydrogens is 699 g/mol. The lowest BCUT2D eigenvalue weighted by molar-refractivity contribution is 0.668. The Morgan fingerprint density at radius 2 is 0.930 bits per heavy atom. The Balaban J connectivity index is 1.08. The van der Waals surface area contributed by atoms with Crippen molar-refractivity contribution in [1.82, 2.24) is 24.1 Å². The normalized spacial score (nSPS) is 11.9. The Hall–Kier alpha value is -7.83. The Labute approximate surface area is 326 Å². The number of pyridine rings is 1. The molecule has 5 aromatic heterocycles. The highest BCUT2D eigenvalue weighted by molar-refractivity contribution is 6.12. The Bertz CT molecular complexity index is 3470. The van der Waals surface area contributed by atoms with Crippen LogP contribution in [0.4, 0.5) is 0 Å². The van der Waals surface area contributed by atoms with Gasteiger partial charge in [0.15, 0.2) is 5.58 Å². The summed E-state index contributed by atoms with van der Waals surface area (Å²) < 4.78 is 10.7. The first-order valence-corrected chi connectivity index (χ1v) is 19.1. The fourth-order valence-electron chi connectivity index (χ4n) is 8.57. The van der Waals surface area contributed by atoms with Gasteiger partial charge >= 0.3 is 0 Å². The van der Waals surface area contributed by atoms with Crippen LogP contribution in [0.25, 0.3) is 111 Å². The van der Waals surface area contributed by atoms with E-state index in [4.69, 9.17) is 14.4 Å². The van der Waals surface area contributed by atoms with Crippen LogP contribution < -0.4 is 0 Å². The lowest BCUT2D eigenvalue weighted by Gasteiger charge is -2.12. The van der Waals surface area contributed by atoms with Crippen LogP contribution in [0.1, 0.15) is 0 Å². The lowest BCUT2D eigenvalue weighted by Crippen LogP contribution is -2.04. The third kappa shape index (κ3) is 4.94. The first kappa shape index (κ1) is 31.5. The summed E-state index contributed by atoms with van der Waals surface area (Å²) in [4.78, 5) is 15.2. The van der Waals surface area contributed by atoms with E-state index < -0.39 is 0 Å². The SMILES string of the molecule is c1ccc(-c2cc(-c3ccccc3)nc(-n3c4ccccc4c4ccc(-c5ccc6c7ccccc7n(-c7ccc8oc9cccnc9c8c7)c6c5)cc43)n2)cc1. The van der Waals surface area contributed by atoms with Crippen molar-refractivity contribution in [1.29, 1.82) is 0 Å². The molecule has 0 aliphatic rings. The van der Waals surface area contributed by atoms with Gasteiger partial charge in [0.1, 0.15) is 11.1 Å². The fraction of sp³-hybridized carbons (Fsp3) is 0. The third-order valence-corrected chi connectivity index (χ3v) is 11.2. The van der Waals surface area contributed by atoms with Gasteiger partial charge in [-0.15, -0.1) is 0 Å². The Morgan fingerprint density at radius 1 is 0.368 bits per heavy atom. The molecule has 0 saturated heterocycles. The van der Waals surface area contributed by atoms with E-state index in [2.05, 4.69) is 172 Å². The summed E-state index contributed by atoms with van der Waals surface area (Å²) in [6.07, 6.45) is 1.82. The summed E-state index contributed by atoms with van der Waals surface area (Å²) in [7, 11) is 0. The molecule has 6 nitrogen and oxygen atoms in total. The van der Waals surface area contributed by atoms with Crippen LogP contribution in [0.5, 0.6) is 0 Å². The van der Waals surface area contributed by atoms with Crippen molar-refractivity contribution < 1.29 is 4.42 Å². The van der Waals surface area contributed by atoms with E-state index in [0.717, 1.165) is 94.2 Å². The topological polar surface area (TPSA) is 61.7 Å². The van der Waals surface area contributed by atoms with Crippen LogP contribution in [0.3, 0.4) is 0 Å². The van der Waals surface area contributed by atoms with E-state index >= 15 is 0 Å². The summed E-state index contributed by atoms with van der Waals surface area (Å²) in [6, 6.07) is 63.8. The van der Waals surface area contributed by atoms with Crippen molar-refractivity contribution in [2.24, 2.45) is 0 Å². The van der Waals surface area contributed by atoms with Gasteiger partial charge in [0, 0.05) is 49.9 Å². The average Bonchev–Trinajstić information content (AvgIpc) is 3.93.